The smallest absolute Gasteiger partial charge is 0.160 e. The summed E-state index contributed by atoms with van der Waals surface area (Å²) in [6.45, 7) is 3.61. The van der Waals surface area contributed by atoms with Crippen molar-refractivity contribution >= 4 is 0 Å². The van der Waals surface area contributed by atoms with Crippen molar-refractivity contribution in [2.75, 3.05) is 7.11 Å². The van der Waals surface area contributed by atoms with Crippen molar-refractivity contribution in [3.05, 3.63) is 0 Å². The molecule has 2 unspecified atom stereocenters. The molecule has 0 aromatic rings. The van der Waals surface area contributed by atoms with Crippen molar-refractivity contribution in [3.8, 4) is 0 Å². The van der Waals surface area contributed by atoms with Crippen molar-refractivity contribution in [1.29, 1.82) is 0 Å². The van der Waals surface area contributed by atoms with Gasteiger partial charge >= 0.3 is 0 Å². The Morgan fingerprint density at radius 3 is 2.40 bits per heavy atom. The molecule has 2 atom stereocenters. The molecule has 0 saturated carbocycles. The van der Waals surface area contributed by atoms with Gasteiger partial charge in [-0.05, 0) is 13.3 Å². The number of methoxy groups -OCH3 is 1. The van der Waals surface area contributed by atoms with Gasteiger partial charge in [0.25, 0.3) is 0 Å². The van der Waals surface area contributed by atoms with Crippen LogP contribution in [0.25, 0.3) is 0 Å². The number of rotatable bonds is 5. The molecule has 62 valence electrons. The van der Waals surface area contributed by atoms with Crippen LogP contribution in [-0.2, 0) is 9.47 Å². The van der Waals surface area contributed by atoms with Crippen LogP contribution in [0.3, 0.4) is 0 Å². The van der Waals surface area contributed by atoms with Crippen LogP contribution in [0.15, 0.2) is 0 Å². The first kappa shape index (κ1) is 9.88. The first-order valence-electron chi connectivity index (χ1n) is 3.57. The summed E-state index contributed by atoms with van der Waals surface area (Å²) in [5.74, 6) is 0. The monoisotopic (exact) mass is 148 g/mol. The molecule has 3 nitrogen and oxygen atoms in total. The molecule has 0 fully saturated rings. The van der Waals surface area contributed by atoms with Gasteiger partial charge < -0.3 is 14.6 Å². The zero-order chi connectivity index (χ0) is 7.98. The Labute approximate surface area is 62.0 Å². The normalized spacial score (nSPS) is 16.8. The summed E-state index contributed by atoms with van der Waals surface area (Å²) in [4.78, 5) is 0. The van der Waals surface area contributed by atoms with E-state index in [0.29, 0.717) is 0 Å². The van der Waals surface area contributed by atoms with Crippen LogP contribution in [0.1, 0.15) is 26.7 Å². The molecule has 0 spiro atoms. The molecule has 0 saturated heterocycles. The van der Waals surface area contributed by atoms with Crippen LogP contribution in [0.2, 0.25) is 0 Å². The Hall–Kier alpha value is -0.120. The van der Waals surface area contributed by atoms with E-state index in [4.69, 9.17) is 14.6 Å². The van der Waals surface area contributed by atoms with Crippen molar-refractivity contribution < 1.29 is 14.6 Å². The summed E-state index contributed by atoms with van der Waals surface area (Å²) in [7, 11) is 1.57. The van der Waals surface area contributed by atoms with E-state index in [0.717, 1.165) is 12.8 Å². The van der Waals surface area contributed by atoms with Gasteiger partial charge in [0.2, 0.25) is 0 Å². The molecule has 0 rings (SSSR count). The largest absolute Gasteiger partial charge is 0.368 e. The maximum Gasteiger partial charge on any atom is 0.160 e. The molecule has 0 radical (unpaired) electrons. The number of aliphatic hydroxyl groups excluding tert-OH is 1. The highest BCUT2D eigenvalue weighted by molar-refractivity contribution is 4.41. The SMILES string of the molecule is CCCC(OC)OC(C)O. The number of ether oxygens (including phenoxy) is 2. The average Bonchev–Trinajstić information content (AvgIpc) is 1.86. The minimum atomic E-state index is -0.739. The Balaban J connectivity index is 3.39. The summed E-state index contributed by atoms with van der Waals surface area (Å²) in [5, 5.41) is 8.78. The van der Waals surface area contributed by atoms with E-state index in [1.165, 1.54) is 0 Å². The quantitative estimate of drug-likeness (QED) is 0.594. The minimum absolute atomic E-state index is 0.259. The first-order valence-corrected chi connectivity index (χ1v) is 3.57. The van der Waals surface area contributed by atoms with Crippen molar-refractivity contribution in [3.63, 3.8) is 0 Å². The molecular weight excluding hydrogens is 132 g/mol. The van der Waals surface area contributed by atoms with Crippen molar-refractivity contribution in [1.82, 2.24) is 0 Å². The Bertz CT molecular complexity index is 73.3. The fourth-order valence-electron chi connectivity index (χ4n) is 0.697. The molecule has 0 aromatic heterocycles. The van der Waals surface area contributed by atoms with Gasteiger partial charge in [0.05, 0.1) is 0 Å². The third kappa shape index (κ3) is 4.73. The predicted molar refractivity (Wildman–Crippen MR) is 38.5 cm³/mol. The van der Waals surface area contributed by atoms with E-state index in [1.807, 2.05) is 6.92 Å². The molecule has 0 aliphatic heterocycles. The van der Waals surface area contributed by atoms with Gasteiger partial charge in [-0.15, -0.1) is 0 Å². The van der Waals surface area contributed by atoms with Crippen LogP contribution >= 0.6 is 0 Å². The summed E-state index contributed by atoms with van der Waals surface area (Å²) in [6.07, 6.45) is 0.814. The van der Waals surface area contributed by atoms with Gasteiger partial charge in [-0.2, -0.15) is 0 Å². The van der Waals surface area contributed by atoms with Gasteiger partial charge in [0, 0.05) is 7.11 Å². The second kappa shape index (κ2) is 5.65. The van der Waals surface area contributed by atoms with Crippen molar-refractivity contribution in [2.45, 2.75) is 39.3 Å². The third-order valence-corrected chi connectivity index (χ3v) is 1.14. The molecular formula is C7H16O3. The highest BCUT2D eigenvalue weighted by atomic mass is 16.7. The molecule has 0 amide bonds. The summed E-state index contributed by atoms with van der Waals surface area (Å²) >= 11 is 0. The fraction of sp³-hybridized carbons (Fsp3) is 1.00. The predicted octanol–water partition coefficient (Wildman–Crippen LogP) is 1.11. The highest BCUT2D eigenvalue weighted by Gasteiger charge is 2.07. The van der Waals surface area contributed by atoms with E-state index >= 15 is 0 Å². The minimum Gasteiger partial charge on any atom is -0.368 e. The lowest BCUT2D eigenvalue weighted by atomic mass is 10.3. The van der Waals surface area contributed by atoms with Crippen LogP contribution in [0.4, 0.5) is 0 Å². The average molecular weight is 148 g/mol. The van der Waals surface area contributed by atoms with Crippen LogP contribution in [0, 0.1) is 0 Å². The Kier molecular flexibility index (Phi) is 5.58. The molecule has 0 bridgehead atoms. The number of hydrogen-bond donors (Lipinski definition) is 1. The molecule has 0 aromatic carbocycles. The lowest BCUT2D eigenvalue weighted by Gasteiger charge is -2.16. The summed E-state index contributed by atoms with van der Waals surface area (Å²) in [5.41, 5.74) is 0. The lowest BCUT2D eigenvalue weighted by Crippen LogP contribution is -2.20. The third-order valence-electron chi connectivity index (χ3n) is 1.14. The maximum absolute atomic E-state index is 8.78. The van der Waals surface area contributed by atoms with Crippen LogP contribution < -0.4 is 0 Å². The van der Waals surface area contributed by atoms with E-state index in [-0.39, 0.29) is 6.29 Å². The number of hydrogen-bond acceptors (Lipinski definition) is 3. The van der Waals surface area contributed by atoms with E-state index in [1.54, 1.807) is 14.0 Å². The summed E-state index contributed by atoms with van der Waals surface area (Å²) in [6, 6.07) is 0. The van der Waals surface area contributed by atoms with Gasteiger partial charge in [-0.25, -0.2) is 0 Å². The Morgan fingerprint density at radius 2 is 2.10 bits per heavy atom. The second-order valence-electron chi connectivity index (χ2n) is 2.19. The van der Waals surface area contributed by atoms with E-state index < -0.39 is 6.29 Å². The lowest BCUT2D eigenvalue weighted by molar-refractivity contribution is -0.213. The molecule has 0 heterocycles. The van der Waals surface area contributed by atoms with Gasteiger partial charge in [0.15, 0.2) is 12.6 Å². The summed E-state index contributed by atoms with van der Waals surface area (Å²) < 4.78 is 9.89. The van der Waals surface area contributed by atoms with Crippen molar-refractivity contribution in [2.24, 2.45) is 0 Å². The Morgan fingerprint density at radius 1 is 1.50 bits per heavy atom. The van der Waals surface area contributed by atoms with Crippen LogP contribution in [0.5, 0.6) is 0 Å². The van der Waals surface area contributed by atoms with Gasteiger partial charge in [0.1, 0.15) is 0 Å². The zero-order valence-electron chi connectivity index (χ0n) is 6.83. The molecule has 0 aliphatic carbocycles. The topological polar surface area (TPSA) is 38.7 Å². The fourth-order valence-corrected chi connectivity index (χ4v) is 0.697. The number of aliphatic hydroxyl groups is 1. The highest BCUT2D eigenvalue weighted by Crippen LogP contribution is 2.04. The first-order chi connectivity index (χ1) is 4.70. The maximum atomic E-state index is 8.78. The molecule has 1 N–H and O–H groups in total. The molecule has 10 heavy (non-hydrogen) atoms. The van der Waals surface area contributed by atoms with E-state index in [9.17, 15) is 0 Å². The van der Waals surface area contributed by atoms with Gasteiger partial charge in [-0.3, -0.25) is 0 Å². The van der Waals surface area contributed by atoms with E-state index in [2.05, 4.69) is 0 Å². The standard InChI is InChI=1S/C7H16O3/c1-4-5-7(9-3)10-6(2)8/h6-8H,4-5H2,1-3H3. The second-order valence-corrected chi connectivity index (χ2v) is 2.19. The van der Waals surface area contributed by atoms with Crippen LogP contribution in [-0.4, -0.2) is 24.8 Å². The molecule has 0 aliphatic rings. The zero-order valence-corrected chi connectivity index (χ0v) is 6.83. The molecule has 3 heteroatoms. The van der Waals surface area contributed by atoms with Gasteiger partial charge in [-0.1, -0.05) is 13.3 Å².